The van der Waals surface area contributed by atoms with Gasteiger partial charge in [-0.3, -0.25) is 14.1 Å². The summed E-state index contributed by atoms with van der Waals surface area (Å²) in [6.07, 6.45) is 8.82. The third-order valence-electron chi connectivity index (χ3n) is 3.99. The third kappa shape index (κ3) is 3.47. The highest BCUT2D eigenvalue weighted by atomic mass is 32.2. The van der Waals surface area contributed by atoms with Gasteiger partial charge in [0.1, 0.15) is 0 Å². The van der Waals surface area contributed by atoms with Gasteiger partial charge in [-0.25, -0.2) is 5.01 Å². The monoisotopic (exact) mass is 269 g/mol. The van der Waals surface area contributed by atoms with Crippen LogP contribution in [0.5, 0.6) is 0 Å². The number of nitrogens with zero attached hydrogens (tertiary/aromatic N) is 3. The Bertz CT molecular complexity index is 334. The number of hydrogen-bond acceptors (Lipinski definition) is 4. The minimum atomic E-state index is -0.585. The molecule has 0 aromatic carbocycles. The molecule has 4 nitrogen and oxygen atoms in total. The zero-order chi connectivity index (χ0) is 13.0. The molecule has 2 heterocycles. The zero-order valence-electron chi connectivity index (χ0n) is 11.2. The van der Waals surface area contributed by atoms with Crippen molar-refractivity contribution in [2.75, 3.05) is 44.7 Å². The molecule has 0 bridgehead atoms. The second-order valence-corrected chi connectivity index (χ2v) is 6.77. The molecule has 0 radical (unpaired) electrons. The van der Waals surface area contributed by atoms with Gasteiger partial charge in [0.15, 0.2) is 0 Å². The molecule has 0 N–H and O–H groups in total. The lowest BCUT2D eigenvalue weighted by molar-refractivity contribution is 0.00651. The number of piperidine rings is 1. The fourth-order valence-electron chi connectivity index (χ4n) is 2.83. The third-order valence-corrected chi connectivity index (χ3v) is 5.37. The first kappa shape index (κ1) is 13.9. The first-order valence-corrected chi connectivity index (χ1v) is 8.23. The second-order valence-electron chi connectivity index (χ2n) is 5.08. The fourth-order valence-corrected chi connectivity index (χ4v) is 3.92. The molecule has 0 amide bonds. The van der Waals surface area contributed by atoms with Gasteiger partial charge in [0.25, 0.3) is 0 Å². The Morgan fingerprint density at radius 2 is 1.94 bits per heavy atom. The fraction of sp³-hybridized carbons (Fsp3) is 0.846. The molecule has 2 fully saturated rings. The van der Waals surface area contributed by atoms with E-state index in [4.69, 9.17) is 6.42 Å². The van der Waals surface area contributed by atoms with Gasteiger partial charge in [-0.15, -0.1) is 0 Å². The van der Waals surface area contributed by atoms with E-state index < -0.39 is 10.8 Å². The number of rotatable bonds is 2. The van der Waals surface area contributed by atoms with Crippen LogP contribution in [0.3, 0.4) is 0 Å². The van der Waals surface area contributed by atoms with Gasteiger partial charge < -0.3 is 0 Å². The molecule has 0 aliphatic carbocycles. The van der Waals surface area contributed by atoms with Crippen LogP contribution in [0.2, 0.25) is 0 Å². The first-order valence-electron chi connectivity index (χ1n) is 6.74. The highest BCUT2D eigenvalue weighted by molar-refractivity contribution is 7.85. The van der Waals surface area contributed by atoms with E-state index in [-0.39, 0.29) is 0 Å². The van der Waals surface area contributed by atoms with Crippen LogP contribution >= 0.6 is 0 Å². The largest absolute Gasteiger partial charge is 0.299 e. The Morgan fingerprint density at radius 3 is 2.61 bits per heavy atom. The van der Waals surface area contributed by atoms with Gasteiger partial charge >= 0.3 is 0 Å². The van der Waals surface area contributed by atoms with E-state index in [2.05, 4.69) is 16.0 Å². The lowest BCUT2D eigenvalue weighted by Crippen LogP contribution is -2.49. The molecule has 0 aromatic rings. The van der Waals surface area contributed by atoms with Crippen molar-refractivity contribution in [1.29, 1.82) is 0 Å². The van der Waals surface area contributed by atoms with E-state index in [1.807, 2.05) is 12.1 Å². The van der Waals surface area contributed by atoms with Gasteiger partial charge in [0.2, 0.25) is 0 Å². The molecule has 0 spiro atoms. The summed E-state index contributed by atoms with van der Waals surface area (Å²) in [6.45, 7) is 4.18. The number of hydrazine groups is 1. The van der Waals surface area contributed by atoms with Crippen LogP contribution in [-0.2, 0) is 10.8 Å². The topological polar surface area (TPSA) is 26.8 Å². The molecule has 18 heavy (non-hydrogen) atoms. The Labute approximate surface area is 113 Å². The summed E-state index contributed by atoms with van der Waals surface area (Å²) in [5, 5.41) is 4.08. The minimum absolute atomic E-state index is 0.585. The summed E-state index contributed by atoms with van der Waals surface area (Å²) in [6, 6.07) is 3.31. The molecule has 2 aliphatic heterocycles. The Morgan fingerprint density at radius 1 is 1.22 bits per heavy atom. The van der Waals surface area contributed by atoms with Crippen molar-refractivity contribution < 1.29 is 4.21 Å². The summed E-state index contributed by atoms with van der Waals surface area (Å²) in [7, 11) is 1.35. The minimum Gasteiger partial charge on any atom is -0.299 e. The van der Waals surface area contributed by atoms with E-state index in [1.54, 1.807) is 0 Å². The van der Waals surface area contributed by atoms with Crippen molar-refractivity contribution in [2.24, 2.45) is 0 Å². The lowest BCUT2D eigenvalue weighted by Gasteiger charge is -2.40. The van der Waals surface area contributed by atoms with Gasteiger partial charge in [0.05, 0.1) is 0 Å². The molecule has 1 atom stereocenters. The molecule has 2 saturated heterocycles. The van der Waals surface area contributed by atoms with Crippen LogP contribution in [0.15, 0.2) is 0 Å². The Kier molecular flexibility index (Phi) is 5.04. The van der Waals surface area contributed by atoms with E-state index in [0.717, 1.165) is 44.1 Å². The SMILES string of the molecule is C#CN(C)N1CCC(N2CCCS(=O)CC2)CC1. The first-order chi connectivity index (χ1) is 8.70. The predicted octanol–water partition coefficient (Wildman–Crippen LogP) is 0.343. The predicted molar refractivity (Wildman–Crippen MR) is 75.3 cm³/mol. The number of terminal acetylenes is 1. The maximum atomic E-state index is 11.5. The van der Waals surface area contributed by atoms with Crippen LogP contribution in [0.25, 0.3) is 0 Å². The molecule has 2 rings (SSSR count). The molecule has 0 saturated carbocycles. The molecule has 5 heteroatoms. The summed E-state index contributed by atoms with van der Waals surface area (Å²) >= 11 is 0. The Balaban J connectivity index is 1.82. The van der Waals surface area contributed by atoms with Crippen LogP contribution in [0, 0.1) is 12.5 Å². The molecule has 1 unspecified atom stereocenters. The average molecular weight is 269 g/mol. The van der Waals surface area contributed by atoms with Crippen molar-refractivity contribution in [3.63, 3.8) is 0 Å². The summed E-state index contributed by atoms with van der Waals surface area (Å²) in [5.41, 5.74) is 0. The lowest BCUT2D eigenvalue weighted by atomic mass is 10.0. The second kappa shape index (κ2) is 6.55. The van der Waals surface area contributed by atoms with Gasteiger partial charge in [0, 0.05) is 61.1 Å². The maximum Gasteiger partial charge on any atom is 0.0362 e. The molecule has 0 aromatic heterocycles. The molecule has 2 aliphatic rings. The molecular weight excluding hydrogens is 246 g/mol. The zero-order valence-corrected chi connectivity index (χ0v) is 12.0. The van der Waals surface area contributed by atoms with Crippen molar-refractivity contribution in [1.82, 2.24) is 14.9 Å². The van der Waals surface area contributed by atoms with E-state index >= 15 is 0 Å². The molecule has 102 valence electrons. The smallest absolute Gasteiger partial charge is 0.0362 e. The summed E-state index contributed by atoms with van der Waals surface area (Å²) in [5.74, 6) is 1.74. The van der Waals surface area contributed by atoms with Crippen LogP contribution in [0.4, 0.5) is 0 Å². The Hall–Kier alpha value is -0.570. The van der Waals surface area contributed by atoms with Crippen molar-refractivity contribution in [3.8, 4) is 12.5 Å². The van der Waals surface area contributed by atoms with Crippen LogP contribution in [-0.4, -0.2) is 69.9 Å². The molecular formula is C13H23N3OS. The van der Waals surface area contributed by atoms with Gasteiger partial charge in [-0.1, -0.05) is 6.42 Å². The maximum absolute atomic E-state index is 11.5. The van der Waals surface area contributed by atoms with Crippen molar-refractivity contribution >= 4 is 10.8 Å². The highest BCUT2D eigenvalue weighted by Crippen LogP contribution is 2.18. The van der Waals surface area contributed by atoms with Gasteiger partial charge in [-0.2, -0.15) is 0 Å². The standard InChI is InChI=1S/C13H23N3OS/c1-3-14(2)16-8-5-13(6-9-16)15-7-4-11-18(17)12-10-15/h1,13H,4-12H2,2H3. The van der Waals surface area contributed by atoms with Gasteiger partial charge in [-0.05, 0) is 25.8 Å². The quantitative estimate of drug-likeness (QED) is 0.534. The van der Waals surface area contributed by atoms with E-state index in [1.165, 1.54) is 12.8 Å². The van der Waals surface area contributed by atoms with Crippen molar-refractivity contribution in [2.45, 2.75) is 25.3 Å². The summed E-state index contributed by atoms with van der Waals surface area (Å²) in [4.78, 5) is 2.54. The average Bonchev–Trinajstić information content (AvgIpc) is 2.63. The van der Waals surface area contributed by atoms with E-state index in [9.17, 15) is 4.21 Å². The van der Waals surface area contributed by atoms with E-state index in [0.29, 0.717) is 6.04 Å². The number of hydrogen-bond donors (Lipinski definition) is 0. The highest BCUT2D eigenvalue weighted by Gasteiger charge is 2.26. The van der Waals surface area contributed by atoms with Crippen molar-refractivity contribution in [3.05, 3.63) is 0 Å². The van der Waals surface area contributed by atoms with Crippen LogP contribution in [0.1, 0.15) is 19.3 Å². The van der Waals surface area contributed by atoms with Crippen LogP contribution < -0.4 is 0 Å². The summed E-state index contributed by atoms with van der Waals surface area (Å²) < 4.78 is 11.5. The normalized spacial score (nSPS) is 28.6.